The SMILES string of the molecule is CCCNCc1ccc(S(=O)(=O)NCc2nccn2C)o1. The Morgan fingerprint density at radius 3 is 2.81 bits per heavy atom. The molecule has 0 saturated carbocycles. The molecule has 0 aliphatic rings. The minimum absolute atomic E-state index is 0.0787. The molecule has 2 aromatic rings. The van der Waals surface area contributed by atoms with Gasteiger partial charge in [-0.25, -0.2) is 18.1 Å². The lowest BCUT2D eigenvalue weighted by Crippen LogP contribution is -2.24. The summed E-state index contributed by atoms with van der Waals surface area (Å²) in [5.74, 6) is 1.23. The number of aryl methyl sites for hydroxylation is 1. The number of sulfonamides is 1. The van der Waals surface area contributed by atoms with Crippen LogP contribution in [0, 0.1) is 0 Å². The second-order valence-electron chi connectivity index (χ2n) is 4.68. The molecule has 2 rings (SSSR count). The number of hydrogen-bond donors (Lipinski definition) is 2. The first-order valence-electron chi connectivity index (χ1n) is 6.78. The van der Waals surface area contributed by atoms with Gasteiger partial charge in [0.1, 0.15) is 11.6 Å². The summed E-state index contributed by atoms with van der Waals surface area (Å²) in [7, 11) is -1.85. The second kappa shape index (κ2) is 6.88. The van der Waals surface area contributed by atoms with Crippen molar-refractivity contribution in [1.29, 1.82) is 0 Å². The monoisotopic (exact) mass is 312 g/mol. The summed E-state index contributed by atoms with van der Waals surface area (Å²) >= 11 is 0. The van der Waals surface area contributed by atoms with Crippen molar-refractivity contribution in [3.63, 3.8) is 0 Å². The van der Waals surface area contributed by atoms with E-state index in [1.54, 1.807) is 30.1 Å². The number of hydrogen-bond acceptors (Lipinski definition) is 5. The standard InChI is InChI=1S/C13H20N4O3S/c1-3-6-14-9-11-4-5-13(20-11)21(18,19)16-10-12-15-7-8-17(12)2/h4-5,7-8,14,16H,3,6,9-10H2,1-2H3. The highest BCUT2D eigenvalue weighted by molar-refractivity contribution is 7.89. The molecule has 21 heavy (non-hydrogen) atoms. The van der Waals surface area contributed by atoms with Crippen LogP contribution >= 0.6 is 0 Å². The topological polar surface area (TPSA) is 89.2 Å². The Balaban J connectivity index is 1.97. The fourth-order valence-electron chi connectivity index (χ4n) is 1.78. The van der Waals surface area contributed by atoms with Gasteiger partial charge in [0.05, 0.1) is 13.1 Å². The average molecular weight is 312 g/mol. The smallest absolute Gasteiger partial charge is 0.274 e. The molecule has 7 nitrogen and oxygen atoms in total. The Bertz CT molecular complexity index is 675. The lowest BCUT2D eigenvalue weighted by Gasteiger charge is -2.04. The summed E-state index contributed by atoms with van der Waals surface area (Å²) < 4.78 is 33.8. The lowest BCUT2D eigenvalue weighted by atomic mass is 10.4. The molecule has 0 bridgehead atoms. The van der Waals surface area contributed by atoms with Crippen LogP contribution in [0.25, 0.3) is 0 Å². The van der Waals surface area contributed by atoms with Gasteiger partial charge >= 0.3 is 0 Å². The predicted molar refractivity (Wildman–Crippen MR) is 77.9 cm³/mol. The van der Waals surface area contributed by atoms with Gasteiger partial charge in [-0.15, -0.1) is 0 Å². The predicted octanol–water partition coefficient (Wildman–Crippen LogP) is 0.991. The van der Waals surface area contributed by atoms with E-state index in [4.69, 9.17) is 4.42 Å². The van der Waals surface area contributed by atoms with Crippen LogP contribution in [0.1, 0.15) is 24.9 Å². The summed E-state index contributed by atoms with van der Waals surface area (Å²) in [6.07, 6.45) is 4.39. The van der Waals surface area contributed by atoms with Crippen molar-refractivity contribution in [2.75, 3.05) is 6.54 Å². The molecule has 2 N–H and O–H groups in total. The van der Waals surface area contributed by atoms with Gasteiger partial charge in [0, 0.05) is 19.4 Å². The normalized spacial score (nSPS) is 11.9. The highest BCUT2D eigenvalue weighted by Crippen LogP contribution is 2.14. The number of aromatic nitrogens is 2. The fourth-order valence-corrected chi connectivity index (χ4v) is 2.71. The van der Waals surface area contributed by atoms with E-state index in [2.05, 4.69) is 21.9 Å². The molecule has 0 spiro atoms. The third-order valence-electron chi connectivity index (χ3n) is 2.97. The van der Waals surface area contributed by atoms with Crippen molar-refractivity contribution in [3.05, 3.63) is 36.1 Å². The van der Waals surface area contributed by atoms with Gasteiger partial charge in [-0.05, 0) is 25.1 Å². The van der Waals surface area contributed by atoms with Gasteiger partial charge < -0.3 is 14.3 Å². The average Bonchev–Trinajstić information content (AvgIpc) is 3.06. The van der Waals surface area contributed by atoms with Crippen molar-refractivity contribution in [2.24, 2.45) is 7.05 Å². The summed E-state index contributed by atoms with van der Waals surface area (Å²) in [4.78, 5) is 4.06. The highest BCUT2D eigenvalue weighted by Gasteiger charge is 2.19. The van der Waals surface area contributed by atoms with Crippen molar-refractivity contribution in [2.45, 2.75) is 31.5 Å². The maximum atomic E-state index is 12.1. The minimum atomic E-state index is -3.66. The van der Waals surface area contributed by atoms with Crippen LogP contribution in [0.2, 0.25) is 0 Å². The first kappa shape index (κ1) is 15.7. The molecular formula is C13H20N4O3S. The first-order valence-corrected chi connectivity index (χ1v) is 8.26. The first-order chi connectivity index (χ1) is 10.0. The highest BCUT2D eigenvalue weighted by atomic mass is 32.2. The Kier molecular flexibility index (Phi) is 5.16. The molecular weight excluding hydrogens is 292 g/mol. The van der Waals surface area contributed by atoms with Gasteiger partial charge in [0.25, 0.3) is 10.0 Å². The molecule has 0 radical (unpaired) electrons. The van der Waals surface area contributed by atoms with Gasteiger partial charge in [0.2, 0.25) is 5.09 Å². The number of nitrogens with one attached hydrogen (secondary N) is 2. The van der Waals surface area contributed by atoms with Crippen molar-refractivity contribution in [3.8, 4) is 0 Å². The fraction of sp³-hybridized carbons (Fsp3) is 0.462. The molecule has 8 heteroatoms. The summed E-state index contributed by atoms with van der Waals surface area (Å²) in [6, 6.07) is 3.13. The third kappa shape index (κ3) is 4.16. The number of rotatable bonds is 8. The molecule has 0 aliphatic heterocycles. The molecule has 2 heterocycles. The van der Waals surface area contributed by atoms with E-state index in [9.17, 15) is 8.42 Å². The molecule has 116 valence electrons. The summed E-state index contributed by atoms with van der Waals surface area (Å²) in [5, 5.41) is 3.08. The molecule has 0 aliphatic carbocycles. The second-order valence-corrected chi connectivity index (χ2v) is 6.37. The van der Waals surface area contributed by atoms with E-state index < -0.39 is 10.0 Å². The van der Waals surface area contributed by atoms with Gasteiger partial charge in [-0.2, -0.15) is 0 Å². The molecule has 0 fully saturated rings. The minimum Gasteiger partial charge on any atom is -0.447 e. The van der Waals surface area contributed by atoms with Crippen LogP contribution in [-0.2, 0) is 30.2 Å². The van der Waals surface area contributed by atoms with E-state index >= 15 is 0 Å². The van der Waals surface area contributed by atoms with E-state index in [0.717, 1.165) is 13.0 Å². The molecule has 0 unspecified atom stereocenters. The van der Waals surface area contributed by atoms with Gasteiger partial charge in [0.15, 0.2) is 0 Å². The zero-order chi connectivity index (χ0) is 15.3. The Labute approximate surface area is 124 Å². The van der Waals surface area contributed by atoms with Crippen LogP contribution in [0.3, 0.4) is 0 Å². The van der Waals surface area contributed by atoms with Crippen molar-refractivity contribution in [1.82, 2.24) is 19.6 Å². The van der Waals surface area contributed by atoms with E-state index in [1.165, 1.54) is 6.07 Å². The van der Waals surface area contributed by atoms with Crippen LogP contribution in [0.5, 0.6) is 0 Å². The van der Waals surface area contributed by atoms with Crippen molar-refractivity contribution < 1.29 is 12.8 Å². The number of furan rings is 1. The van der Waals surface area contributed by atoms with E-state index in [0.29, 0.717) is 18.1 Å². The van der Waals surface area contributed by atoms with Gasteiger partial charge in [-0.1, -0.05) is 6.92 Å². The maximum Gasteiger partial charge on any atom is 0.274 e. The summed E-state index contributed by atoms with van der Waals surface area (Å²) in [6.45, 7) is 3.56. The quantitative estimate of drug-likeness (QED) is 0.710. The molecule has 2 aromatic heterocycles. The zero-order valence-electron chi connectivity index (χ0n) is 12.2. The Morgan fingerprint density at radius 1 is 1.33 bits per heavy atom. The lowest BCUT2D eigenvalue weighted by molar-refractivity contribution is 0.399. The Hall–Kier alpha value is -1.64. The number of imidazole rings is 1. The molecule has 0 amide bonds. The largest absolute Gasteiger partial charge is 0.447 e. The molecule has 0 saturated heterocycles. The van der Waals surface area contributed by atoms with Crippen LogP contribution in [-0.4, -0.2) is 24.5 Å². The summed E-state index contributed by atoms with van der Waals surface area (Å²) in [5.41, 5.74) is 0. The number of nitrogens with zero attached hydrogens (tertiary/aromatic N) is 2. The Morgan fingerprint density at radius 2 is 2.14 bits per heavy atom. The van der Waals surface area contributed by atoms with Crippen molar-refractivity contribution >= 4 is 10.0 Å². The third-order valence-corrected chi connectivity index (χ3v) is 4.24. The molecule has 0 atom stereocenters. The van der Waals surface area contributed by atoms with Gasteiger partial charge in [-0.3, -0.25) is 0 Å². The van der Waals surface area contributed by atoms with Crippen LogP contribution < -0.4 is 10.0 Å². The molecule has 0 aromatic carbocycles. The van der Waals surface area contributed by atoms with Crippen LogP contribution in [0.15, 0.2) is 34.0 Å². The maximum absolute atomic E-state index is 12.1. The zero-order valence-corrected chi connectivity index (χ0v) is 13.0. The van der Waals surface area contributed by atoms with Crippen LogP contribution in [0.4, 0.5) is 0 Å². The van der Waals surface area contributed by atoms with E-state index in [-0.39, 0.29) is 11.6 Å². The van der Waals surface area contributed by atoms with E-state index in [1.807, 2.05) is 0 Å².